The Labute approximate surface area is 135 Å². The first-order valence-corrected chi connectivity index (χ1v) is 7.59. The first-order chi connectivity index (χ1) is 10.8. The van der Waals surface area contributed by atoms with Crippen molar-refractivity contribution in [3.05, 3.63) is 28.4 Å². The highest BCUT2D eigenvalue weighted by Gasteiger charge is 2.25. The van der Waals surface area contributed by atoms with Gasteiger partial charge in [0.2, 0.25) is 0 Å². The van der Waals surface area contributed by atoms with Gasteiger partial charge in [0.1, 0.15) is 5.60 Å². The maximum atomic E-state index is 12.1. The predicted octanol–water partition coefficient (Wildman–Crippen LogP) is 2.44. The summed E-state index contributed by atoms with van der Waals surface area (Å²) >= 11 is 0. The van der Waals surface area contributed by atoms with Gasteiger partial charge in [-0.3, -0.25) is 0 Å². The van der Waals surface area contributed by atoms with Gasteiger partial charge in [0, 0.05) is 32.2 Å². The van der Waals surface area contributed by atoms with Gasteiger partial charge < -0.3 is 24.7 Å². The molecule has 23 heavy (non-hydrogen) atoms. The fraction of sp³-hybridized carbons (Fsp3) is 0.600. The number of aromatic nitrogens is 1. The number of amides is 1. The standard InChI is InChI=1S/C15H22N4O4/c1-15(2,3)23-14(20)18-8-4-7-17(9-10-18)12-5-6-13(16-11-12)19(21)22/h5-6,11H,4,7-10H2,1-3H3. The lowest BCUT2D eigenvalue weighted by atomic mass is 10.2. The molecule has 126 valence electrons. The molecular weight excluding hydrogens is 300 g/mol. The maximum absolute atomic E-state index is 12.1. The molecule has 0 radical (unpaired) electrons. The van der Waals surface area contributed by atoms with Crippen LogP contribution in [0.2, 0.25) is 0 Å². The van der Waals surface area contributed by atoms with E-state index < -0.39 is 10.5 Å². The molecule has 8 nitrogen and oxygen atoms in total. The van der Waals surface area contributed by atoms with Crippen molar-refractivity contribution >= 4 is 17.6 Å². The van der Waals surface area contributed by atoms with Crippen LogP contribution < -0.4 is 4.90 Å². The minimum atomic E-state index is -0.517. The van der Waals surface area contributed by atoms with E-state index in [0.717, 1.165) is 18.7 Å². The molecule has 1 aliphatic rings. The fourth-order valence-corrected chi connectivity index (χ4v) is 2.36. The zero-order valence-electron chi connectivity index (χ0n) is 13.7. The van der Waals surface area contributed by atoms with Gasteiger partial charge in [-0.1, -0.05) is 0 Å². The Morgan fingerprint density at radius 2 is 2.00 bits per heavy atom. The fourth-order valence-electron chi connectivity index (χ4n) is 2.36. The molecule has 0 atom stereocenters. The smallest absolute Gasteiger partial charge is 0.410 e. The summed E-state index contributed by atoms with van der Waals surface area (Å²) in [6, 6.07) is 3.08. The molecule has 0 bridgehead atoms. The van der Waals surface area contributed by atoms with Crippen molar-refractivity contribution < 1.29 is 14.5 Å². The summed E-state index contributed by atoms with van der Waals surface area (Å²) in [5.74, 6) is -0.168. The van der Waals surface area contributed by atoms with Crippen LogP contribution in [0, 0.1) is 10.1 Å². The van der Waals surface area contributed by atoms with Crippen molar-refractivity contribution in [3.63, 3.8) is 0 Å². The molecule has 1 aromatic rings. The molecule has 0 aliphatic carbocycles. The number of hydrogen-bond acceptors (Lipinski definition) is 6. The third kappa shape index (κ3) is 4.80. The second-order valence-electron chi connectivity index (χ2n) is 6.44. The minimum Gasteiger partial charge on any atom is -0.444 e. The Hall–Kier alpha value is -2.38. The average molecular weight is 322 g/mol. The molecule has 8 heteroatoms. The third-order valence-corrected chi connectivity index (χ3v) is 3.43. The largest absolute Gasteiger partial charge is 0.444 e. The lowest BCUT2D eigenvalue weighted by Crippen LogP contribution is -2.39. The monoisotopic (exact) mass is 322 g/mol. The SMILES string of the molecule is CC(C)(C)OC(=O)N1CCCN(c2ccc([N+](=O)[O-])nc2)CC1. The quantitative estimate of drug-likeness (QED) is 0.614. The molecule has 0 aromatic carbocycles. The first kappa shape index (κ1) is 17.0. The number of hydrogen-bond donors (Lipinski definition) is 0. The van der Waals surface area contributed by atoms with Crippen LogP contribution in [0.3, 0.4) is 0 Å². The van der Waals surface area contributed by atoms with E-state index in [1.807, 2.05) is 20.8 Å². The number of anilines is 1. The van der Waals surface area contributed by atoms with Crippen LogP contribution in [0.25, 0.3) is 0 Å². The Morgan fingerprint density at radius 1 is 1.26 bits per heavy atom. The van der Waals surface area contributed by atoms with E-state index in [1.54, 1.807) is 11.0 Å². The molecule has 0 saturated carbocycles. The van der Waals surface area contributed by atoms with Gasteiger partial charge in [-0.2, -0.15) is 0 Å². The van der Waals surface area contributed by atoms with Crippen LogP contribution in [0.15, 0.2) is 18.3 Å². The molecule has 1 saturated heterocycles. The highest BCUT2D eigenvalue weighted by Crippen LogP contribution is 2.19. The number of nitrogens with zero attached hydrogens (tertiary/aromatic N) is 4. The van der Waals surface area contributed by atoms with Crippen LogP contribution in [-0.2, 0) is 4.74 Å². The minimum absolute atomic E-state index is 0.168. The highest BCUT2D eigenvalue weighted by molar-refractivity contribution is 5.68. The summed E-state index contributed by atoms with van der Waals surface area (Å²) in [4.78, 5) is 29.9. The van der Waals surface area contributed by atoms with Crippen molar-refractivity contribution in [1.82, 2.24) is 9.88 Å². The van der Waals surface area contributed by atoms with E-state index in [4.69, 9.17) is 4.74 Å². The summed E-state index contributed by atoms with van der Waals surface area (Å²) < 4.78 is 5.40. The molecule has 1 aromatic heterocycles. The lowest BCUT2D eigenvalue weighted by Gasteiger charge is -2.26. The zero-order chi connectivity index (χ0) is 17.0. The zero-order valence-corrected chi connectivity index (χ0v) is 13.7. The van der Waals surface area contributed by atoms with E-state index in [1.165, 1.54) is 12.3 Å². The summed E-state index contributed by atoms with van der Waals surface area (Å²) in [6.07, 6.45) is 2.00. The Balaban J connectivity index is 1.98. The molecule has 1 amide bonds. The summed E-state index contributed by atoms with van der Waals surface area (Å²) in [7, 11) is 0. The van der Waals surface area contributed by atoms with E-state index in [9.17, 15) is 14.9 Å². The van der Waals surface area contributed by atoms with Gasteiger partial charge in [0.15, 0.2) is 6.20 Å². The van der Waals surface area contributed by atoms with Gasteiger partial charge in [0.25, 0.3) is 0 Å². The molecule has 0 spiro atoms. The van der Waals surface area contributed by atoms with Crippen LogP contribution >= 0.6 is 0 Å². The first-order valence-electron chi connectivity index (χ1n) is 7.59. The Morgan fingerprint density at radius 3 is 2.57 bits per heavy atom. The maximum Gasteiger partial charge on any atom is 0.410 e. The van der Waals surface area contributed by atoms with Gasteiger partial charge in [-0.25, -0.2) is 4.79 Å². The normalized spacial score (nSPS) is 16.0. The molecule has 1 aliphatic heterocycles. The second-order valence-corrected chi connectivity index (χ2v) is 6.44. The molecule has 2 rings (SSSR count). The van der Waals surface area contributed by atoms with Gasteiger partial charge >= 0.3 is 11.9 Å². The average Bonchev–Trinajstić information content (AvgIpc) is 2.71. The van der Waals surface area contributed by atoms with Crippen molar-refractivity contribution in [3.8, 4) is 0 Å². The van der Waals surface area contributed by atoms with Crippen molar-refractivity contribution in [2.24, 2.45) is 0 Å². The molecule has 0 unspecified atom stereocenters. The lowest BCUT2D eigenvalue weighted by molar-refractivity contribution is -0.389. The van der Waals surface area contributed by atoms with E-state index >= 15 is 0 Å². The summed E-state index contributed by atoms with van der Waals surface area (Å²) in [5, 5.41) is 10.6. The number of carbonyl (C=O) groups excluding carboxylic acids is 1. The van der Waals surface area contributed by atoms with Gasteiger partial charge in [-0.05, 0) is 43.2 Å². The third-order valence-electron chi connectivity index (χ3n) is 3.43. The number of ether oxygens (including phenoxy) is 1. The Kier molecular flexibility index (Phi) is 5.02. The summed E-state index contributed by atoms with van der Waals surface area (Å²) in [5.41, 5.74) is 0.312. The molecular formula is C15H22N4O4. The number of rotatable bonds is 2. The van der Waals surface area contributed by atoms with Gasteiger partial charge in [0.05, 0.1) is 5.69 Å². The van der Waals surface area contributed by atoms with Crippen molar-refractivity contribution in [1.29, 1.82) is 0 Å². The number of carbonyl (C=O) groups is 1. The van der Waals surface area contributed by atoms with E-state index in [-0.39, 0.29) is 11.9 Å². The van der Waals surface area contributed by atoms with E-state index in [2.05, 4.69) is 9.88 Å². The van der Waals surface area contributed by atoms with Gasteiger partial charge in [-0.15, -0.1) is 0 Å². The van der Waals surface area contributed by atoms with Crippen LogP contribution in [-0.4, -0.2) is 52.7 Å². The molecule has 1 fully saturated rings. The number of nitro groups is 1. The second kappa shape index (κ2) is 6.80. The number of pyridine rings is 1. The highest BCUT2D eigenvalue weighted by atomic mass is 16.6. The van der Waals surface area contributed by atoms with Crippen LogP contribution in [0.4, 0.5) is 16.3 Å². The Bertz CT molecular complexity index is 568. The predicted molar refractivity (Wildman–Crippen MR) is 85.5 cm³/mol. The molecule has 2 heterocycles. The van der Waals surface area contributed by atoms with Crippen LogP contribution in [0.1, 0.15) is 27.2 Å². The van der Waals surface area contributed by atoms with Crippen molar-refractivity contribution in [2.45, 2.75) is 32.8 Å². The molecule has 0 N–H and O–H groups in total. The van der Waals surface area contributed by atoms with E-state index in [0.29, 0.717) is 19.6 Å². The van der Waals surface area contributed by atoms with Crippen LogP contribution in [0.5, 0.6) is 0 Å². The topological polar surface area (TPSA) is 88.8 Å². The van der Waals surface area contributed by atoms with Crippen molar-refractivity contribution in [2.75, 3.05) is 31.1 Å². The summed E-state index contributed by atoms with van der Waals surface area (Å²) in [6.45, 7) is 8.11.